The smallest absolute Gasteiger partial charge is 0.343 e. The summed E-state index contributed by atoms with van der Waals surface area (Å²) in [6, 6.07) is 0. The van der Waals surface area contributed by atoms with Gasteiger partial charge in [0.25, 0.3) is 0 Å². The topological polar surface area (TPSA) is 3.24 Å². The van der Waals surface area contributed by atoms with Crippen molar-refractivity contribution >= 4 is 0 Å². The van der Waals surface area contributed by atoms with E-state index in [-0.39, 0.29) is 21.1 Å². The molecule has 58 valence electrons. The molecule has 0 bridgehead atoms. The van der Waals surface area contributed by atoms with Gasteiger partial charge in [-0.3, -0.25) is 0 Å². The van der Waals surface area contributed by atoms with Crippen LogP contribution in [-0.4, -0.2) is 25.0 Å². The van der Waals surface area contributed by atoms with Crippen LogP contribution < -0.4 is 0 Å². The summed E-state index contributed by atoms with van der Waals surface area (Å²) in [5.41, 5.74) is 0.481. The van der Waals surface area contributed by atoms with E-state index in [9.17, 15) is 0 Å². The summed E-state index contributed by atoms with van der Waals surface area (Å²) < 4.78 is 0. The molecule has 0 amide bonds. The quantitative estimate of drug-likeness (QED) is 0.696. The first-order chi connectivity index (χ1) is 4.22. The Labute approximate surface area is 78.4 Å². The average Bonchev–Trinajstić information content (AvgIpc) is 1.81. The van der Waals surface area contributed by atoms with Crippen LogP contribution in [-0.2, 0) is 21.1 Å². The van der Waals surface area contributed by atoms with E-state index in [1.165, 1.54) is 13.1 Å². The van der Waals surface area contributed by atoms with Gasteiger partial charge in [0, 0.05) is 0 Å². The van der Waals surface area contributed by atoms with Gasteiger partial charge in [-0.2, -0.15) is 12.8 Å². The Balaban J connectivity index is 0.000000810. The molecule has 1 nitrogen and oxygen atoms in total. The SMILES string of the molecule is [CH2-]CC1(C[CH2-])CN(C)C1.[W+2]. The van der Waals surface area contributed by atoms with Gasteiger partial charge in [0.15, 0.2) is 0 Å². The fourth-order valence-corrected chi connectivity index (χ4v) is 1.54. The standard InChI is InChI=1S/C8H15N.W/c1-4-8(5-2)6-9(3)7-8;/h1-2,4-7H2,3H3;/q-2;+2. The van der Waals surface area contributed by atoms with Crippen molar-refractivity contribution in [3.8, 4) is 0 Å². The normalized spacial score (nSPS) is 23.1. The van der Waals surface area contributed by atoms with Crippen LogP contribution in [0.4, 0.5) is 0 Å². The first-order valence-corrected chi connectivity index (χ1v) is 3.49. The summed E-state index contributed by atoms with van der Waals surface area (Å²) in [6.07, 6.45) is 2.08. The van der Waals surface area contributed by atoms with Crippen molar-refractivity contribution in [3.05, 3.63) is 13.8 Å². The molecule has 1 aliphatic heterocycles. The zero-order chi connectivity index (χ0) is 6.91. The molecule has 0 aromatic rings. The summed E-state index contributed by atoms with van der Waals surface area (Å²) >= 11 is 0. The van der Waals surface area contributed by atoms with Crippen LogP contribution in [0.25, 0.3) is 0 Å². The third-order valence-electron chi connectivity index (χ3n) is 2.27. The van der Waals surface area contributed by atoms with Gasteiger partial charge in [0.2, 0.25) is 0 Å². The van der Waals surface area contributed by atoms with E-state index < -0.39 is 0 Å². The van der Waals surface area contributed by atoms with Crippen molar-refractivity contribution in [2.75, 3.05) is 20.1 Å². The molecule has 0 aromatic heterocycles. The van der Waals surface area contributed by atoms with Crippen LogP contribution in [0.5, 0.6) is 0 Å². The molecule has 1 rings (SSSR count). The van der Waals surface area contributed by atoms with Gasteiger partial charge in [-0.05, 0) is 20.1 Å². The first-order valence-electron chi connectivity index (χ1n) is 3.49. The van der Waals surface area contributed by atoms with E-state index in [0.29, 0.717) is 5.41 Å². The molecule has 1 saturated heterocycles. The number of hydrogen-bond donors (Lipinski definition) is 0. The Kier molecular flexibility index (Phi) is 4.13. The molecule has 0 atom stereocenters. The van der Waals surface area contributed by atoms with Gasteiger partial charge in [-0.25, -0.2) is 0 Å². The summed E-state index contributed by atoms with van der Waals surface area (Å²) in [7, 11) is 2.14. The minimum absolute atomic E-state index is 0. The minimum Gasteiger partial charge on any atom is -0.343 e. The first kappa shape index (κ1) is 10.6. The summed E-state index contributed by atoms with van der Waals surface area (Å²) in [5, 5.41) is 0. The fourth-order valence-electron chi connectivity index (χ4n) is 1.54. The Bertz CT molecular complexity index is 91.4. The average molecular weight is 309 g/mol. The number of rotatable bonds is 2. The van der Waals surface area contributed by atoms with Gasteiger partial charge >= 0.3 is 21.1 Å². The second kappa shape index (κ2) is 3.87. The molecular weight excluding hydrogens is 294 g/mol. The Morgan fingerprint density at radius 1 is 1.30 bits per heavy atom. The maximum atomic E-state index is 3.92. The van der Waals surface area contributed by atoms with Gasteiger partial charge in [0.05, 0.1) is 0 Å². The Morgan fingerprint density at radius 3 is 1.80 bits per heavy atom. The molecule has 0 aromatic carbocycles. The van der Waals surface area contributed by atoms with E-state index in [1.807, 2.05) is 0 Å². The molecule has 2 heteroatoms. The molecule has 1 fully saturated rings. The molecule has 1 heterocycles. The van der Waals surface area contributed by atoms with E-state index >= 15 is 0 Å². The molecular formula is C8H15NW. The summed E-state index contributed by atoms with van der Waals surface area (Å²) in [4.78, 5) is 2.32. The number of hydrogen-bond acceptors (Lipinski definition) is 1. The van der Waals surface area contributed by atoms with Gasteiger partial charge in [-0.1, -0.05) is 5.41 Å². The summed E-state index contributed by atoms with van der Waals surface area (Å²) in [6.45, 7) is 10.2. The second-order valence-corrected chi connectivity index (χ2v) is 3.17. The van der Waals surface area contributed by atoms with Crippen LogP contribution >= 0.6 is 0 Å². The zero-order valence-corrected chi connectivity index (χ0v) is 9.53. The number of likely N-dealkylation sites (tertiary alicyclic amines) is 1. The van der Waals surface area contributed by atoms with Gasteiger partial charge in [0.1, 0.15) is 0 Å². The van der Waals surface area contributed by atoms with Crippen molar-refractivity contribution < 1.29 is 21.1 Å². The van der Waals surface area contributed by atoms with Crippen LogP contribution in [0.2, 0.25) is 0 Å². The van der Waals surface area contributed by atoms with Crippen molar-refractivity contribution in [1.82, 2.24) is 4.90 Å². The summed E-state index contributed by atoms with van der Waals surface area (Å²) in [5.74, 6) is 0. The molecule has 10 heavy (non-hydrogen) atoms. The van der Waals surface area contributed by atoms with Crippen molar-refractivity contribution in [2.24, 2.45) is 5.41 Å². The van der Waals surface area contributed by atoms with E-state index in [0.717, 1.165) is 12.8 Å². The minimum atomic E-state index is 0. The maximum absolute atomic E-state index is 3.92. The third kappa shape index (κ3) is 1.83. The van der Waals surface area contributed by atoms with E-state index in [1.54, 1.807) is 0 Å². The second-order valence-electron chi connectivity index (χ2n) is 3.17. The van der Waals surface area contributed by atoms with Gasteiger partial charge < -0.3 is 18.7 Å². The van der Waals surface area contributed by atoms with Crippen molar-refractivity contribution in [1.29, 1.82) is 0 Å². The van der Waals surface area contributed by atoms with E-state index in [4.69, 9.17) is 0 Å². The monoisotopic (exact) mass is 309 g/mol. The molecule has 0 spiro atoms. The van der Waals surface area contributed by atoms with Crippen LogP contribution in [0.15, 0.2) is 0 Å². The number of nitrogens with zero attached hydrogens (tertiary/aromatic N) is 1. The molecule has 0 radical (unpaired) electrons. The molecule has 0 saturated carbocycles. The van der Waals surface area contributed by atoms with Crippen molar-refractivity contribution in [3.63, 3.8) is 0 Å². The van der Waals surface area contributed by atoms with Crippen LogP contribution in [0, 0.1) is 19.3 Å². The predicted octanol–water partition coefficient (Wildman–Crippen LogP) is 1.36. The maximum Gasteiger partial charge on any atom is 2.00 e. The molecule has 0 unspecified atom stereocenters. The largest absolute Gasteiger partial charge is 2.00 e. The van der Waals surface area contributed by atoms with Crippen molar-refractivity contribution in [2.45, 2.75) is 12.8 Å². The zero-order valence-electron chi connectivity index (χ0n) is 6.60. The van der Waals surface area contributed by atoms with Crippen LogP contribution in [0.3, 0.4) is 0 Å². The predicted molar refractivity (Wildman–Crippen MR) is 39.9 cm³/mol. The third-order valence-corrected chi connectivity index (χ3v) is 2.27. The fraction of sp³-hybridized carbons (Fsp3) is 0.750. The molecule has 0 aliphatic carbocycles. The van der Waals surface area contributed by atoms with Gasteiger partial charge in [-0.15, -0.1) is 0 Å². The van der Waals surface area contributed by atoms with E-state index in [2.05, 4.69) is 25.8 Å². The molecule has 0 N–H and O–H groups in total. The Hall–Kier alpha value is 0.648. The Morgan fingerprint density at radius 2 is 1.70 bits per heavy atom. The molecule has 1 aliphatic rings. The van der Waals surface area contributed by atoms with Crippen LogP contribution in [0.1, 0.15) is 12.8 Å².